The minimum Gasteiger partial charge on any atom is -0.297 e. The number of halogens is 1. The number of carbonyl (C=O) groups excluding carboxylic acids is 1. The summed E-state index contributed by atoms with van der Waals surface area (Å²) in [5, 5.41) is 4.49. The second-order valence-corrected chi connectivity index (χ2v) is 10.5. The maximum absolute atomic E-state index is 12.7. The van der Waals surface area contributed by atoms with E-state index in [1.165, 1.54) is 28.7 Å². The molecule has 27 heavy (non-hydrogen) atoms. The lowest BCUT2D eigenvalue weighted by Crippen LogP contribution is -2.10. The molecule has 0 unspecified atom stereocenters. The fraction of sp³-hybridized carbons (Fsp3) is 0.111. The lowest BCUT2D eigenvalue weighted by Gasteiger charge is -1.99. The Hall–Kier alpha value is -2.00. The van der Waals surface area contributed by atoms with Gasteiger partial charge in [-0.3, -0.25) is 10.1 Å². The zero-order chi connectivity index (χ0) is 19.3. The van der Waals surface area contributed by atoms with Crippen LogP contribution >= 0.6 is 34.3 Å². The van der Waals surface area contributed by atoms with Gasteiger partial charge in [-0.05, 0) is 36.8 Å². The van der Waals surface area contributed by atoms with Crippen LogP contribution in [0.3, 0.4) is 0 Å². The topological polar surface area (TPSA) is 76.1 Å². The van der Waals surface area contributed by atoms with Crippen LogP contribution in [0.25, 0.3) is 20.3 Å². The molecule has 4 rings (SSSR count). The molecule has 0 aliphatic heterocycles. The smallest absolute Gasteiger partial charge is 0.269 e. The molecule has 0 saturated carbocycles. The number of aryl methyl sites for hydroxylation is 1. The van der Waals surface area contributed by atoms with E-state index in [2.05, 4.69) is 10.3 Å². The Labute approximate surface area is 168 Å². The Morgan fingerprint density at radius 1 is 1.15 bits per heavy atom. The molecule has 138 valence electrons. The predicted molar refractivity (Wildman–Crippen MR) is 112 cm³/mol. The summed E-state index contributed by atoms with van der Waals surface area (Å²) in [4.78, 5) is 17.7. The largest absolute Gasteiger partial charge is 0.297 e. The van der Waals surface area contributed by atoms with Crippen LogP contribution in [0.4, 0.5) is 5.13 Å². The SMILES string of the molecule is Cc1cccc2sc(C(=O)Nc3nc4ccc(S(C)(=O)=O)cc4s3)c(Cl)c12. The predicted octanol–water partition coefficient (Wildman–Crippen LogP) is 5.13. The number of fused-ring (bicyclic) bond motifs is 2. The minimum absolute atomic E-state index is 0.222. The van der Waals surface area contributed by atoms with Crippen molar-refractivity contribution in [3.63, 3.8) is 0 Å². The highest BCUT2D eigenvalue weighted by Gasteiger charge is 2.20. The van der Waals surface area contributed by atoms with Gasteiger partial charge in [0.05, 0.1) is 20.1 Å². The molecule has 2 aromatic carbocycles. The van der Waals surface area contributed by atoms with E-state index in [0.29, 0.717) is 25.2 Å². The van der Waals surface area contributed by atoms with Crippen LogP contribution in [-0.2, 0) is 9.84 Å². The number of hydrogen-bond donors (Lipinski definition) is 1. The summed E-state index contributed by atoms with van der Waals surface area (Å²) < 4.78 is 25.0. The molecule has 0 saturated heterocycles. The van der Waals surface area contributed by atoms with Crippen LogP contribution in [-0.4, -0.2) is 25.6 Å². The number of hydrogen-bond acceptors (Lipinski definition) is 6. The van der Waals surface area contributed by atoms with Gasteiger partial charge in [-0.2, -0.15) is 0 Å². The fourth-order valence-electron chi connectivity index (χ4n) is 2.76. The number of carbonyl (C=O) groups is 1. The zero-order valence-electron chi connectivity index (χ0n) is 14.2. The third kappa shape index (κ3) is 3.34. The van der Waals surface area contributed by atoms with E-state index in [1.807, 2.05) is 25.1 Å². The fourth-order valence-corrected chi connectivity index (χ4v) is 5.96. The Bertz CT molecular complexity index is 1320. The van der Waals surface area contributed by atoms with Crippen molar-refractivity contribution in [2.75, 3.05) is 11.6 Å². The molecule has 0 aliphatic rings. The number of nitrogens with zero attached hydrogens (tertiary/aromatic N) is 1. The minimum atomic E-state index is -3.30. The maximum Gasteiger partial charge on any atom is 0.269 e. The van der Waals surface area contributed by atoms with E-state index in [0.717, 1.165) is 21.9 Å². The van der Waals surface area contributed by atoms with Crippen molar-refractivity contribution >= 4 is 75.5 Å². The number of thiazole rings is 1. The molecular weight excluding hydrogens is 424 g/mol. The number of nitrogens with one attached hydrogen (secondary N) is 1. The molecule has 4 aromatic rings. The van der Waals surface area contributed by atoms with Crippen LogP contribution in [0.5, 0.6) is 0 Å². The summed E-state index contributed by atoms with van der Waals surface area (Å²) in [7, 11) is -3.30. The van der Waals surface area contributed by atoms with Crippen LogP contribution in [0.2, 0.25) is 5.02 Å². The molecular formula is C18H13ClN2O3S3. The molecule has 1 amide bonds. The van der Waals surface area contributed by atoms with Crippen LogP contribution in [0, 0.1) is 6.92 Å². The number of anilines is 1. The van der Waals surface area contributed by atoms with Crippen molar-refractivity contribution in [2.24, 2.45) is 0 Å². The molecule has 0 fully saturated rings. The normalized spacial score (nSPS) is 12.0. The summed E-state index contributed by atoms with van der Waals surface area (Å²) in [6.45, 7) is 1.95. The van der Waals surface area contributed by atoms with Gasteiger partial charge in [0.25, 0.3) is 5.91 Å². The number of aromatic nitrogens is 1. The molecule has 5 nitrogen and oxygen atoms in total. The van der Waals surface area contributed by atoms with Gasteiger partial charge in [0.2, 0.25) is 0 Å². The Morgan fingerprint density at radius 2 is 1.93 bits per heavy atom. The Kier molecular flexibility index (Phi) is 4.46. The van der Waals surface area contributed by atoms with E-state index >= 15 is 0 Å². The van der Waals surface area contributed by atoms with Gasteiger partial charge in [0.15, 0.2) is 15.0 Å². The van der Waals surface area contributed by atoms with Crippen LogP contribution in [0.15, 0.2) is 41.3 Å². The standard InChI is InChI=1S/C18H13ClN2O3S3/c1-9-4-3-5-12-14(9)15(19)16(25-12)17(22)21-18-20-11-7-6-10(27(2,23)24)8-13(11)26-18/h3-8H,1-2H3,(H,20,21,22). The summed E-state index contributed by atoms with van der Waals surface area (Å²) in [6.07, 6.45) is 1.16. The van der Waals surface area contributed by atoms with Gasteiger partial charge >= 0.3 is 0 Å². The molecule has 0 radical (unpaired) electrons. The number of sulfone groups is 1. The second kappa shape index (κ2) is 6.56. The second-order valence-electron chi connectivity index (χ2n) is 6.07. The Morgan fingerprint density at radius 3 is 2.63 bits per heavy atom. The summed E-state index contributed by atoms with van der Waals surface area (Å²) in [6, 6.07) is 10.5. The average molecular weight is 437 g/mol. The van der Waals surface area contributed by atoms with Gasteiger partial charge in [-0.1, -0.05) is 35.1 Å². The molecule has 2 heterocycles. The van der Waals surface area contributed by atoms with Crippen LogP contribution in [0.1, 0.15) is 15.2 Å². The third-order valence-corrected chi connectivity index (χ3v) is 7.77. The average Bonchev–Trinajstić information content (AvgIpc) is 3.14. The summed E-state index contributed by atoms with van der Waals surface area (Å²) in [5.41, 5.74) is 1.64. The van der Waals surface area contributed by atoms with E-state index in [1.54, 1.807) is 12.1 Å². The number of benzene rings is 2. The summed E-state index contributed by atoms with van der Waals surface area (Å²) >= 11 is 8.99. The highest BCUT2D eigenvalue weighted by molar-refractivity contribution is 7.90. The maximum atomic E-state index is 12.7. The van der Waals surface area contributed by atoms with Gasteiger partial charge in [0, 0.05) is 16.3 Å². The lowest BCUT2D eigenvalue weighted by molar-refractivity contribution is 0.103. The molecule has 0 bridgehead atoms. The molecule has 0 aliphatic carbocycles. The zero-order valence-corrected chi connectivity index (χ0v) is 17.4. The van der Waals surface area contributed by atoms with E-state index < -0.39 is 9.84 Å². The van der Waals surface area contributed by atoms with Crippen molar-refractivity contribution in [2.45, 2.75) is 11.8 Å². The van der Waals surface area contributed by atoms with E-state index in [4.69, 9.17) is 11.6 Å². The van der Waals surface area contributed by atoms with Crippen molar-refractivity contribution in [1.82, 2.24) is 4.98 Å². The number of thiophene rings is 1. The van der Waals surface area contributed by atoms with Gasteiger partial charge in [-0.25, -0.2) is 13.4 Å². The molecule has 1 N–H and O–H groups in total. The monoisotopic (exact) mass is 436 g/mol. The van der Waals surface area contributed by atoms with E-state index in [9.17, 15) is 13.2 Å². The molecule has 2 aromatic heterocycles. The summed E-state index contributed by atoms with van der Waals surface area (Å²) in [5.74, 6) is -0.331. The van der Waals surface area contributed by atoms with Gasteiger partial charge in [-0.15, -0.1) is 11.3 Å². The highest BCUT2D eigenvalue weighted by Crippen LogP contribution is 2.38. The van der Waals surface area contributed by atoms with Crippen molar-refractivity contribution in [1.29, 1.82) is 0 Å². The first kappa shape index (κ1) is 18.4. The lowest BCUT2D eigenvalue weighted by atomic mass is 10.1. The molecule has 0 atom stereocenters. The van der Waals surface area contributed by atoms with Gasteiger partial charge < -0.3 is 0 Å². The first-order valence-electron chi connectivity index (χ1n) is 7.83. The van der Waals surface area contributed by atoms with Gasteiger partial charge in [0.1, 0.15) is 4.88 Å². The third-order valence-electron chi connectivity index (χ3n) is 4.08. The van der Waals surface area contributed by atoms with Crippen molar-refractivity contribution in [3.05, 3.63) is 51.9 Å². The van der Waals surface area contributed by atoms with Crippen molar-refractivity contribution < 1.29 is 13.2 Å². The number of amides is 1. The van der Waals surface area contributed by atoms with Crippen molar-refractivity contribution in [3.8, 4) is 0 Å². The first-order valence-corrected chi connectivity index (χ1v) is 11.7. The number of rotatable bonds is 3. The molecule has 0 spiro atoms. The Balaban J connectivity index is 1.69. The van der Waals surface area contributed by atoms with E-state index in [-0.39, 0.29) is 10.8 Å². The quantitative estimate of drug-likeness (QED) is 0.483. The highest BCUT2D eigenvalue weighted by atomic mass is 35.5. The molecule has 9 heteroatoms. The first-order chi connectivity index (χ1) is 12.7. The van der Waals surface area contributed by atoms with Crippen LogP contribution < -0.4 is 5.32 Å².